The molecule has 3 N–H and O–H groups in total. The standard InChI is InChI=1S/C13H21N3O2S/c1-10(15-2)11-3-4-13-12(9-11)5-6-16(13)7-8-19(14,17)18/h3-4,9-10,15H,5-8H2,1-2H3,(H2,14,17,18). The van der Waals surface area contributed by atoms with Gasteiger partial charge in [0.25, 0.3) is 0 Å². The average Bonchev–Trinajstić information content (AvgIpc) is 2.76. The number of anilines is 1. The Hall–Kier alpha value is -1.11. The summed E-state index contributed by atoms with van der Waals surface area (Å²) < 4.78 is 22.1. The molecule has 19 heavy (non-hydrogen) atoms. The van der Waals surface area contributed by atoms with Crippen molar-refractivity contribution in [3.63, 3.8) is 0 Å². The predicted molar refractivity (Wildman–Crippen MR) is 77.8 cm³/mol. The van der Waals surface area contributed by atoms with E-state index in [0.29, 0.717) is 12.6 Å². The molecule has 1 unspecified atom stereocenters. The molecule has 6 heteroatoms. The lowest BCUT2D eigenvalue weighted by Gasteiger charge is -2.19. The van der Waals surface area contributed by atoms with E-state index in [1.54, 1.807) is 0 Å². The van der Waals surface area contributed by atoms with Gasteiger partial charge in [0.05, 0.1) is 5.75 Å². The quantitative estimate of drug-likeness (QED) is 0.830. The third-order valence-electron chi connectivity index (χ3n) is 3.67. The molecule has 0 amide bonds. The fourth-order valence-electron chi connectivity index (χ4n) is 2.40. The van der Waals surface area contributed by atoms with Crippen molar-refractivity contribution in [2.45, 2.75) is 19.4 Å². The summed E-state index contributed by atoms with van der Waals surface area (Å²) in [6, 6.07) is 6.70. The highest BCUT2D eigenvalue weighted by Crippen LogP contribution is 2.30. The molecule has 0 spiro atoms. The van der Waals surface area contributed by atoms with Gasteiger partial charge in [0.2, 0.25) is 10.0 Å². The molecule has 0 bridgehead atoms. The van der Waals surface area contributed by atoms with Crippen molar-refractivity contribution in [3.8, 4) is 0 Å². The summed E-state index contributed by atoms with van der Waals surface area (Å²) in [5, 5.41) is 8.27. The number of nitrogens with two attached hydrogens (primary N) is 1. The van der Waals surface area contributed by atoms with Crippen LogP contribution in [0.5, 0.6) is 0 Å². The third-order valence-corrected chi connectivity index (χ3v) is 4.43. The molecular weight excluding hydrogens is 262 g/mol. The van der Waals surface area contributed by atoms with Crippen LogP contribution in [0.4, 0.5) is 5.69 Å². The first-order valence-electron chi connectivity index (χ1n) is 6.46. The zero-order valence-corrected chi connectivity index (χ0v) is 12.2. The van der Waals surface area contributed by atoms with E-state index in [9.17, 15) is 8.42 Å². The van der Waals surface area contributed by atoms with Gasteiger partial charge in [-0.2, -0.15) is 0 Å². The Bertz CT molecular complexity index is 557. The van der Waals surface area contributed by atoms with Crippen LogP contribution in [-0.2, 0) is 16.4 Å². The van der Waals surface area contributed by atoms with E-state index in [1.807, 2.05) is 7.05 Å². The van der Waals surface area contributed by atoms with Crippen molar-refractivity contribution in [1.82, 2.24) is 5.32 Å². The van der Waals surface area contributed by atoms with Gasteiger partial charge in [0.1, 0.15) is 0 Å². The van der Waals surface area contributed by atoms with Crippen LogP contribution >= 0.6 is 0 Å². The van der Waals surface area contributed by atoms with Crippen molar-refractivity contribution >= 4 is 15.7 Å². The van der Waals surface area contributed by atoms with Gasteiger partial charge < -0.3 is 10.2 Å². The van der Waals surface area contributed by atoms with Gasteiger partial charge in [-0.05, 0) is 37.6 Å². The number of rotatable bonds is 5. The van der Waals surface area contributed by atoms with Crippen LogP contribution in [0.1, 0.15) is 24.1 Å². The average molecular weight is 283 g/mol. The lowest BCUT2D eigenvalue weighted by molar-refractivity contribution is 0.596. The van der Waals surface area contributed by atoms with E-state index in [1.165, 1.54) is 11.1 Å². The molecule has 1 aliphatic rings. The summed E-state index contributed by atoms with van der Waals surface area (Å²) in [6.07, 6.45) is 0.963. The summed E-state index contributed by atoms with van der Waals surface area (Å²) in [4.78, 5) is 2.09. The van der Waals surface area contributed by atoms with Crippen LogP contribution in [0.2, 0.25) is 0 Å². The molecule has 1 aliphatic heterocycles. The minimum Gasteiger partial charge on any atom is -0.370 e. The molecule has 5 nitrogen and oxygen atoms in total. The Morgan fingerprint density at radius 3 is 2.84 bits per heavy atom. The fourth-order valence-corrected chi connectivity index (χ4v) is 2.87. The number of primary sulfonamides is 1. The summed E-state index contributed by atoms with van der Waals surface area (Å²) in [5.74, 6) is 0.00110. The first kappa shape index (κ1) is 14.3. The van der Waals surface area contributed by atoms with Crippen LogP contribution < -0.4 is 15.4 Å². The molecule has 0 saturated carbocycles. The number of nitrogens with zero attached hydrogens (tertiary/aromatic N) is 1. The number of benzene rings is 1. The van der Waals surface area contributed by atoms with E-state index in [-0.39, 0.29) is 5.75 Å². The number of hydrogen-bond acceptors (Lipinski definition) is 4. The Morgan fingerprint density at radius 2 is 2.21 bits per heavy atom. The van der Waals surface area contributed by atoms with E-state index in [2.05, 4.69) is 35.3 Å². The smallest absolute Gasteiger partial charge is 0.210 e. The predicted octanol–water partition coefficient (Wildman–Crippen LogP) is 0.618. The number of hydrogen-bond donors (Lipinski definition) is 2. The maximum absolute atomic E-state index is 11.0. The highest BCUT2D eigenvalue weighted by Gasteiger charge is 2.20. The monoisotopic (exact) mass is 283 g/mol. The molecule has 0 fully saturated rings. The van der Waals surface area contributed by atoms with Crippen LogP contribution in [0.3, 0.4) is 0 Å². The molecule has 106 valence electrons. The molecule has 1 atom stereocenters. The summed E-state index contributed by atoms with van der Waals surface area (Å²) in [5.41, 5.74) is 3.68. The lowest BCUT2D eigenvalue weighted by atomic mass is 10.0. The third kappa shape index (κ3) is 3.46. The number of nitrogens with one attached hydrogen (secondary N) is 1. The minimum atomic E-state index is -3.39. The molecule has 1 aromatic carbocycles. The normalized spacial score (nSPS) is 16.5. The number of fused-ring (bicyclic) bond motifs is 1. The second-order valence-electron chi connectivity index (χ2n) is 5.00. The van der Waals surface area contributed by atoms with Gasteiger partial charge in [-0.3, -0.25) is 0 Å². The second-order valence-corrected chi connectivity index (χ2v) is 6.74. The van der Waals surface area contributed by atoms with Crippen molar-refractivity contribution in [3.05, 3.63) is 29.3 Å². The zero-order chi connectivity index (χ0) is 14.0. The maximum Gasteiger partial charge on any atom is 0.210 e. The van der Waals surface area contributed by atoms with Gasteiger partial charge in [0.15, 0.2) is 0 Å². The topological polar surface area (TPSA) is 75.4 Å². The highest BCUT2D eigenvalue weighted by atomic mass is 32.2. The Kier molecular flexibility index (Phi) is 4.13. The largest absolute Gasteiger partial charge is 0.370 e. The van der Waals surface area contributed by atoms with Crippen molar-refractivity contribution in [1.29, 1.82) is 0 Å². The molecule has 2 rings (SSSR count). The van der Waals surface area contributed by atoms with Crippen LogP contribution in [0.15, 0.2) is 18.2 Å². The van der Waals surface area contributed by atoms with E-state index in [4.69, 9.17) is 5.14 Å². The summed E-state index contributed by atoms with van der Waals surface area (Å²) in [6.45, 7) is 3.45. The summed E-state index contributed by atoms with van der Waals surface area (Å²) >= 11 is 0. The molecule has 0 aliphatic carbocycles. The zero-order valence-electron chi connectivity index (χ0n) is 11.4. The number of sulfonamides is 1. The Balaban J connectivity index is 2.13. The highest BCUT2D eigenvalue weighted by molar-refractivity contribution is 7.89. The molecule has 1 heterocycles. The van der Waals surface area contributed by atoms with Crippen molar-refractivity contribution in [2.24, 2.45) is 5.14 Å². The summed E-state index contributed by atoms with van der Waals surface area (Å²) in [7, 11) is -1.45. The molecular formula is C13H21N3O2S. The van der Waals surface area contributed by atoms with Gasteiger partial charge in [-0.1, -0.05) is 12.1 Å². The van der Waals surface area contributed by atoms with Crippen LogP contribution in [0, 0.1) is 0 Å². The Morgan fingerprint density at radius 1 is 1.47 bits per heavy atom. The second kappa shape index (κ2) is 5.48. The fraction of sp³-hybridized carbons (Fsp3) is 0.538. The van der Waals surface area contributed by atoms with Crippen LogP contribution in [-0.4, -0.2) is 34.3 Å². The van der Waals surface area contributed by atoms with E-state index in [0.717, 1.165) is 18.7 Å². The molecule has 0 saturated heterocycles. The Labute approximate surface area is 114 Å². The van der Waals surface area contributed by atoms with Gasteiger partial charge in [-0.25, -0.2) is 13.6 Å². The van der Waals surface area contributed by atoms with E-state index >= 15 is 0 Å². The van der Waals surface area contributed by atoms with Crippen LogP contribution in [0.25, 0.3) is 0 Å². The van der Waals surface area contributed by atoms with Crippen molar-refractivity contribution < 1.29 is 8.42 Å². The minimum absolute atomic E-state index is 0.00110. The van der Waals surface area contributed by atoms with Gasteiger partial charge in [-0.15, -0.1) is 0 Å². The van der Waals surface area contributed by atoms with Gasteiger partial charge >= 0.3 is 0 Å². The lowest BCUT2D eigenvalue weighted by Crippen LogP contribution is -2.30. The SMILES string of the molecule is CNC(C)c1ccc2c(c1)CCN2CCS(N)(=O)=O. The first-order valence-corrected chi connectivity index (χ1v) is 8.18. The van der Waals surface area contributed by atoms with E-state index < -0.39 is 10.0 Å². The maximum atomic E-state index is 11.0. The molecule has 0 aromatic heterocycles. The molecule has 1 aromatic rings. The van der Waals surface area contributed by atoms with Gasteiger partial charge in [0, 0.05) is 24.8 Å². The van der Waals surface area contributed by atoms with Crippen molar-refractivity contribution in [2.75, 3.05) is 30.8 Å². The molecule has 0 radical (unpaired) electrons. The first-order chi connectivity index (χ1) is 8.90.